The van der Waals surface area contributed by atoms with E-state index in [1.165, 1.54) is 0 Å². The van der Waals surface area contributed by atoms with Crippen LogP contribution in [0.25, 0.3) is 11.3 Å². The number of hydrogen-bond donors (Lipinski definition) is 1. The molecule has 0 aromatic carbocycles. The van der Waals surface area contributed by atoms with Gasteiger partial charge in [0.2, 0.25) is 0 Å². The van der Waals surface area contributed by atoms with Gasteiger partial charge in [-0.25, -0.2) is 0 Å². The molecule has 0 aliphatic carbocycles. The highest BCUT2D eigenvalue weighted by Crippen LogP contribution is 2.20. The van der Waals surface area contributed by atoms with Gasteiger partial charge in [0.1, 0.15) is 5.69 Å². The monoisotopic (exact) mass is 330 g/mol. The summed E-state index contributed by atoms with van der Waals surface area (Å²) < 4.78 is 7.15. The first-order chi connectivity index (χ1) is 11.6. The Morgan fingerprint density at radius 1 is 1.38 bits per heavy atom. The van der Waals surface area contributed by atoms with Crippen LogP contribution in [0.2, 0.25) is 0 Å². The number of nitrogens with zero attached hydrogens (tertiary/aromatic N) is 5. The summed E-state index contributed by atoms with van der Waals surface area (Å²) in [5.41, 5.74) is 1.68. The second kappa shape index (κ2) is 5.75. The van der Waals surface area contributed by atoms with Crippen molar-refractivity contribution >= 4 is 11.8 Å². The van der Waals surface area contributed by atoms with Crippen molar-refractivity contribution in [2.75, 3.05) is 26.2 Å². The minimum atomic E-state index is -0.504. The van der Waals surface area contributed by atoms with Crippen LogP contribution in [0, 0.1) is 0 Å². The van der Waals surface area contributed by atoms with Gasteiger partial charge in [-0.2, -0.15) is 5.10 Å². The maximum atomic E-state index is 11.8. The van der Waals surface area contributed by atoms with E-state index in [1.807, 2.05) is 19.3 Å². The molecule has 24 heavy (non-hydrogen) atoms. The van der Waals surface area contributed by atoms with Crippen molar-refractivity contribution in [2.24, 2.45) is 7.05 Å². The molecule has 1 N–H and O–H groups in total. The number of carbonyl (C=O) groups is 2. The van der Waals surface area contributed by atoms with E-state index in [0.717, 1.165) is 17.0 Å². The fourth-order valence-electron chi connectivity index (χ4n) is 3.22. The van der Waals surface area contributed by atoms with Crippen molar-refractivity contribution in [1.29, 1.82) is 0 Å². The topological polar surface area (TPSA) is 96.5 Å². The van der Waals surface area contributed by atoms with Gasteiger partial charge < -0.3 is 14.7 Å². The van der Waals surface area contributed by atoms with Gasteiger partial charge in [-0.05, 0) is 0 Å². The van der Waals surface area contributed by atoms with Crippen LogP contribution in [0.1, 0.15) is 5.76 Å². The van der Waals surface area contributed by atoms with Crippen LogP contribution < -0.4 is 5.32 Å². The van der Waals surface area contributed by atoms with E-state index in [-0.39, 0.29) is 6.04 Å². The Hall–Kier alpha value is -2.68. The summed E-state index contributed by atoms with van der Waals surface area (Å²) in [6.45, 7) is 3.09. The van der Waals surface area contributed by atoms with E-state index < -0.39 is 11.8 Å². The van der Waals surface area contributed by atoms with E-state index >= 15 is 0 Å². The Bertz CT molecular complexity index is 782. The summed E-state index contributed by atoms with van der Waals surface area (Å²) in [6.07, 6.45) is 3.63. The normalized spacial score (nSPS) is 21.7. The maximum absolute atomic E-state index is 11.8. The Morgan fingerprint density at radius 2 is 2.25 bits per heavy atom. The minimum Gasteiger partial charge on any atom is -0.359 e. The smallest absolute Gasteiger partial charge is 0.312 e. The third-order valence-electron chi connectivity index (χ3n) is 4.46. The number of aryl methyl sites for hydroxylation is 1. The second-order valence-corrected chi connectivity index (χ2v) is 6.18. The molecule has 2 saturated heterocycles. The molecule has 2 aliphatic heterocycles. The molecule has 1 atom stereocenters. The molecule has 2 aliphatic rings. The molecule has 0 spiro atoms. The fourth-order valence-corrected chi connectivity index (χ4v) is 3.22. The van der Waals surface area contributed by atoms with Crippen molar-refractivity contribution in [3.63, 3.8) is 0 Å². The highest BCUT2D eigenvalue weighted by atomic mass is 16.5. The molecule has 4 heterocycles. The lowest BCUT2D eigenvalue weighted by molar-refractivity contribution is -0.152. The van der Waals surface area contributed by atoms with E-state index in [9.17, 15) is 9.59 Å². The SMILES string of the molecule is Cn1cc(-c2cc(CN3CCN4C(=O)C(=O)NC[C@H]4C3)on2)cn1. The van der Waals surface area contributed by atoms with Crippen LogP contribution in [0.15, 0.2) is 23.0 Å². The molecule has 2 aromatic rings. The third kappa shape index (κ3) is 2.67. The van der Waals surface area contributed by atoms with Gasteiger partial charge in [-0.3, -0.25) is 19.2 Å². The van der Waals surface area contributed by atoms with E-state index in [1.54, 1.807) is 15.8 Å². The molecule has 0 bridgehead atoms. The number of rotatable bonds is 3. The Balaban J connectivity index is 1.41. The lowest BCUT2D eigenvalue weighted by Crippen LogP contribution is -2.65. The summed E-state index contributed by atoms with van der Waals surface area (Å²) in [5.74, 6) is -0.158. The zero-order valence-electron chi connectivity index (χ0n) is 13.3. The van der Waals surface area contributed by atoms with Gasteiger partial charge in [0, 0.05) is 51.1 Å². The zero-order valence-corrected chi connectivity index (χ0v) is 13.3. The Kier molecular flexibility index (Phi) is 3.57. The molecular formula is C15H18N6O3. The number of piperazine rings is 2. The quantitative estimate of drug-likeness (QED) is 0.742. The molecule has 2 fully saturated rings. The standard InChI is InChI=1S/C15H18N6O3/c1-19-7-10(5-17-19)13-4-12(24-18-13)9-20-2-3-21-11(8-20)6-16-14(22)15(21)23/h4-5,7,11H,2-3,6,8-9H2,1H3,(H,16,22)/t11-/m0/s1. The molecular weight excluding hydrogens is 312 g/mol. The molecule has 0 saturated carbocycles. The van der Waals surface area contributed by atoms with Crippen LogP contribution in [0.5, 0.6) is 0 Å². The first kappa shape index (κ1) is 14.9. The lowest BCUT2D eigenvalue weighted by Gasteiger charge is -2.43. The highest BCUT2D eigenvalue weighted by Gasteiger charge is 2.37. The van der Waals surface area contributed by atoms with Gasteiger partial charge in [-0.1, -0.05) is 5.16 Å². The molecule has 9 heteroatoms. The molecule has 0 radical (unpaired) electrons. The van der Waals surface area contributed by atoms with E-state index in [2.05, 4.69) is 20.5 Å². The largest absolute Gasteiger partial charge is 0.359 e. The third-order valence-corrected chi connectivity index (χ3v) is 4.46. The predicted molar refractivity (Wildman–Crippen MR) is 82.5 cm³/mol. The minimum absolute atomic E-state index is 0.0182. The van der Waals surface area contributed by atoms with Gasteiger partial charge in [0.25, 0.3) is 0 Å². The Morgan fingerprint density at radius 3 is 3.04 bits per heavy atom. The fraction of sp³-hybridized carbons (Fsp3) is 0.467. The number of hydrogen-bond acceptors (Lipinski definition) is 6. The number of nitrogens with one attached hydrogen (secondary N) is 1. The van der Waals surface area contributed by atoms with Crippen molar-refractivity contribution < 1.29 is 14.1 Å². The number of fused-ring (bicyclic) bond motifs is 1. The van der Waals surface area contributed by atoms with Gasteiger partial charge in [-0.15, -0.1) is 0 Å². The second-order valence-electron chi connectivity index (χ2n) is 6.18. The van der Waals surface area contributed by atoms with Gasteiger partial charge in [0.05, 0.1) is 18.8 Å². The van der Waals surface area contributed by atoms with Crippen LogP contribution in [-0.4, -0.2) is 68.8 Å². The van der Waals surface area contributed by atoms with Crippen LogP contribution in [0.4, 0.5) is 0 Å². The summed E-state index contributed by atoms with van der Waals surface area (Å²) in [5, 5.41) is 10.9. The molecule has 0 unspecified atom stereocenters. The molecule has 2 amide bonds. The van der Waals surface area contributed by atoms with Crippen LogP contribution in [-0.2, 0) is 23.2 Å². The summed E-state index contributed by atoms with van der Waals surface area (Å²) in [6, 6.07) is 1.93. The van der Waals surface area contributed by atoms with Crippen molar-refractivity contribution in [2.45, 2.75) is 12.6 Å². The van der Waals surface area contributed by atoms with Gasteiger partial charge in [0.15, 0.2) is 5.76 Å². The summed E-state index contributed by atoms with van der Waals surface area (Å²) in [7, 11) is 1.86. The molecule has 126 valence electrons. The van der Waals surface area contributed by atoms with E-state index in [4.69, 9.17) is 4.52 Å². The van der Waals surface area contributed by atoms with Crippen molar-refractivity contribution in [3.05, 3.63) is 24.2 Å². The molecule has 4 rings (SSSR count). The van der Waals surface area contributed by atoms with E-state index in [0.29, 0.717) is 32.7 Å². The first-order valence-electron chi connectivity index (χ1n) is 7.86. The van der Waals surface area contributed by atoms with Crippen molar-refractivity contribution in [3.8, 4) is 11.3 Å². The molecule has 9 nitrogen and oxygen atoms in total. The average molecular weight is 330 g/mol. The van der Waals surface area contributed by atoms with Crippen LogP contribution in [0.3, 0.4) is 0 Å². The highest BCUT2D eigenvalue weighted by molar-refractivity contribution is 6.35. The average Bonchev–Trinajstić information content (AvgIpc) is 3.20. The first-order valence-corrected chi connectivity index (χ1v) is 7.86. The Labute approximate surface area is 138 Å². The number of carbonyl (C=O) groups excluding carboxylic acids is 2. The maximum Gasteiger partial charge on any atom is 0.312 e. The molecule has 2 aromatic heterocycles. The number of amides is 2. The number of aromatic nitrogens is 3. The van der Waals surface area contributed by atoms with Crippen LogP contribution >= 0.6 is 0 Å². The zero-order chi connectivity index (χ0) is 16.7. The van der Waals surface area contributed by atoms with Crippen molar-refractivity contribution in [1.82, 2.24) is 30.1 Å². The lowest BCUT2D eigenvalue weighted by atomic mass is 10.1. The van der Waals surface area contributed by atoms with Gasteiger partial charge >= 0.3 is 11.8 Å². The predicted octanol–water partition coefficient (Wildman–Crippen LogP) is -0.782. The summed E-state index contributed by atoms with van der Waals surface area (Å²) in [4.78, 5) is 27.1. The summed E-state index contributed by atoms with van der Waals surface area (Å²) >= 11 is 0.